The molecule has 1 rings (SSSR count). The first kappa shape index (κ1) is 11.4. The van der Waals surface area contributed by atoms with Crippen LogP contribution in [0, 0.1) is 5.82 Å². The fourth-order valence-electron chi connectivity index (χ4n) is 1.43. The summed E-state index contributed by atoms with van der Waals surface area (Å²) in [6, 6.07) is 5.96. The molecule has 1 aromatic carbocycles. The minimum atomic E-state index is -0.298. The normalized spacial score (nSPS) is 11.9. The highest BCUT2D eigenvalue weighted by molar-refractivity contribution is 5.83. The van der Waals surface area contributed by atoms with E-state index < -0.39 is 0 Å². The van der Waals surface area contributed by atoms with Crippen LogP contribution < -0.4 is 5.32 Å². The lowest BCUT2D eigenvalue weighted by Gasteiger charge is -2.13. The van der Waals surface area contributed by atoms with Crippen molar-refractivity contribution in [2.75, 3.05) is 7.05 Å². The number of likely N-dealkylation sites (N-methyl/N-ethyl adjacent to an activating group) is 1. The Balaban J connectivity index is 2.93. The van der Waals surface area contributed by atoms with Gasteiger partial charge in [-0.3, -0.25) is 4.79 Å². The summed E-state index contributed by atoms with van der Waals surface area (Å²) in [5.74, 6) is -0.664. The second kappa shape index (κ2) is 5.29. The van der Waals surface area contributed by atoms with Gasteiger partial charge in [-0.1, -0.05) is 18.2 Å². The summed E-state index contributed by atoms with van der Waals surface area (Å²) < 4.78 is 12.7. The van der Waals surface area contributed by atoms with Crippen LogP contribution in [0.15, 0.2) is 36.9 Å². The lowest BCUT2D eigenvalue weighted by atomic mass is 9.95. The first-order chi connectivity index (χ1) is 7.19. The van der Waals surface area contributed by atoms with Crippen LogP contribution in [0.1, 0.15) is 17.9 Å². The monoisotopic (exact) mass is 207 g/mol. The zero-order chi connectivity index (χ0) is 11.3. The molecule has 2 nitrogen and oxygen atoms in total. The third-order valence-corrected chi connectivity index (χ3v) is 2.24. The van der Waals surface area contributed by atoms with Crippen molar-refractivity contribution in [1.29, 1.82) is 0 Å². The average molecular weight is 207 g/mol. The number of halogens is 1. The fourth-order valence-corrected chi connectivity index (χ4v) is 1.43. The molecule has 0 saturated carbocycles. The summed E-state index contributed by atoms with van der Waals surface area (Å²) in [5, 5.41) is 2.58. The Morgan fingerprint density at radius 3 is 2.60 bits per heavy atom. The molecule has 0 aliphatic heterocycles. The summed E-state index contributed by atoms with van der Waals surface area (Å²) in [6.45, 7) is 3.61. The molecule has 1 atom stereocenters. The van der Waals surface area contributed by atoms with E-state index in [4.69, 9.17) is 0 Å². The lowest BCUT2D eigenvalue weighted by molar-refractivity contribution is -0.122. The Labute approximate surface area is 88.8 Å². The molecule has 0 aliphatic rings. The molecule has 80 valence electrons. The van der Waals surface area contributed by atoms with Gasteiger partial charge in [0.1, 0.15) is 5.82 Å². The van der Waals surface area contributed by atoms with E-state index in [-0.39, 0.29) is 17.6 Å². The molecule has 0 aliphatic carbocycles. The van der Waals surface area contributed by atoms with Gasteiger partial charge in [-0.05, 0) is 24.1 Å². The molecule has 0 aromatic heterocycles. The zero-order valence-electron chi connectivity index (χ0n) is 8.66. The van der Waals surface area contributed by atoms with E-state index in [0.29, 0.717) is 6.42 Å². The van der Waals surface area contributed by atoms with Crippen molar-refractivity contribution in [1.82, 2.24) is 5.32 Å². The minimum Gasteiger partial charge on any atom is -0.359 e. The standard InChI is InChI=1S/C12H14FNO/c1-3-4-11(12(15)14-2)9-5-7-10(13)8-6-9/h3,5-8,11H,1,4H2,2H3,(H,14,15)/t11-/m0/s1. The van der Waals surface area contributed by atoms with Gasteiger partial charge in [0.05, 0.1) is 5.92 Å². The number of amides is 1. The summed E-state index contributed by atoms with van der Waals surface area (Å²) in [6.07, 6.45) is 2.23. The van der Waals surface area contributed by atoms with Crippen LogP contribution in [0.2, 0.25) is 0 Å². The van der Waals surface area contributed by atoms with Crippen molar-refractivity contribution in [3.63, 3.8) is 0 Å². The Kier molecular flexibility index (Phi) is 4.03. The molecular weight excluding hydrogens is 193 g/mol. The van der Waals surface area contributed by atoms with Gasteiger partial charge in [0.2, 0.25) is 5.91 Å². The maximum atomic E-state index is 12.7. The number of benzene rings is 1. The first-order valence-corrected chi connectivity index (χ1v) is 4.77. The van der Waals surface area contributed by atoms with Gasteiger partial charge in [0.25, 0.3) is 0 Å². The van der Waals surface area contributed by atoms with Gasteiger partial charge in [0, 0.05) is 7.05 Å². The molecule has 0 radical (unpaired) electrons. The predicted molar refractivity (Wildman–Crippen MR) is 58.0 cm³/mol. The number of rotatable bonds is 4. The second-order valence-corrected chi connectivity index (χ2v) is 3.24. The molecule has 0 fully saturated rings. The lowest BCUT2D eigenvalue weighted by Crippen LogP contribution is -2.25. The van der Waals surface area contributed by atoms with E-state index in [1.165, 1.54) is 12.1 Å². The van der Waals surface area contributed by atoms with Crippen molar-refractivity contribution in [3.05, 3.63) is 48.3 Å². The predicted octanol–water partition coefficient (Wildman–Crippen LogP) is 2.23. The Hall–Kier alpha value is -1.64. The van der Waals surface area contributed by atoms with E-state index in [0.717, 1.165) is 5.56 Å². The Bertz CT molecular complexity index is 345. The number of carbonyl (C=O) groups excluding carboxylic acids is 1. The van der Waals surface area contributed by atoms with Crippen molar-refractivity contribution in [2.24, 2.45) is 0 Å². The van der Waals surface area contributed by atoms with Crippen LogP contribution in [0.25, 0.3) is 0 Å². The molecule has 0 heterocycles. The summed E-state index contributed by atoms with van der Waals surface area (Å²) >= 11 is 0. The van der Waals surface area contributed by atoms with E-state index >= 15 is 0 Å². The van der Waals surface area contributed by atoms with E-state index in [1.807, 2.05) is 0 Å². The Morgan fingerprint density at radius 1 is 1.53 bits per heavy atom. The molecule has 0 saturated heterocycles. The van der Waals surface area contributed by atoms with Crippen molar-refractivity contribution in [3.8, 4) is 0 Å². The van der Waals surface area contributed by atoms with E-state index in [1.54, 1.807) is 25.3 Å². The minimum absolute atomic E-state index is 0.0819. The SMILES string of the molecule is C=CC[C@H](C(=O)NC)c1ccc(F)cc1. The zero-order valence-corrected chi connectivity index (χ0v) is 8.66. The second-order valence-electron chi connectivity index (χ2n) is 3.24. The van der Waals surface area contributed by atoms with Crippen molar-refractivity contribution >= 4 is 5.91 Å². The van der Waals surface area contributed by atoms with Crippen LogP contribution in [0.5, 0.6) is 0 Å². The van der Waals surface area contributed by atoms with E-state index in [2.05, 4.69) is 11.9 Å². The molecule has 0 unspecified atom stereocenters. The molecular formula is C12H14FNO. The van der Waals surface area contributed by atoms with E-state index in [9.17, 15) is 9.18 Å². The largest absolute Gasteiger partial charge is 0.359 e. The van der Waals surface area contributed by atoms with Gasteiger partial charge >= 0.3 is 0 Å². The summed E-state index contributed by atoms with van der Waals surface area (Å²) in [4.78, 5) is 11.5. The van der Waals surface area contributed by atoms with Crippen LogP contribution in [0.4, 0.5) is 4.39 Å². The maximum absolute atomic E-state index is 12.7. The molecule has 0 spiro atoms. The van der Waals surface area contributed by atoms with Crippen LogP contribution in [0.3, 0.4) is 0 Å². The number of nitrogens with one attached hydrogen (secondary N) is 1. The molecule has 15 heavy (non-hydrogen) atoms. The number of hydrogen-bond acceptors (Lipinski definition) is 1. The molecule has 3 heteroatoms. The van der Waals surface area contributed by atoms with Crippen LogP contribution >= 0.6 is 0 Å². The molecule has 1 N–H and O–H groups in total. The Morgan fingerprint density at radius 2 is 2.13 bits per heavy atom. The smallest absolute Gasteiger partial charge is 0.227 e. The highest BCUT2D eigenvalue weighted by Crippen LogP contribution is 2.20. The molecule has 1 amide bonds. The highest BCUT2D eigenvalue weighted by atomic mass is 19.1. The molecule has 1 aromatic rings. The summed E-state index contributed by atoms with van der Waals surface area (Å²) in [7, 11) is 1.59. The highest BCUT2D eigenvalue weighted by Gasteiger charge is 2.17. The van der Waals surface area contributed by atoms with Gasteiger partial charge < -0.3 is 5.32 Å². The average Bonchev–Trinajstić information content (AvgIpc) is 2.26. The summed E-state index contributed by atoms with van der Waals surface area (Å²) in [5.41, 5.74) is 0.802. The first-order valence-electron chi connectivity index (χ1n) is 4.77. The third kappa shape index (κ3) is 2.91. The fraction of sp³-hybridized carbons (Fsp3) is 0.250. The van der Waals surface area contributed by atoms with Gasteiger partial charge in [-0.25, -0.2) is 4.39 Å². The third-order valence-electron chi connectivity index (χ3n) is 2.24. The van der Waals surface area contributed by atoms with Crippen LogP contribution in [-0.4, -0.2) is 13.0 Å². The number of carbonyl (C=O) groups is 1. The van der Waals surface area contributed by atoms with Gasteiger partial charge in [-0.2, -0.15) is 0 Å². The maximum Gasteiger partial charge on any atom is 0.227 e. The van der Waals surface area contributed by atoms with Gasteiger partial charge in [0.15, 0.2) is 0 Å². The number of hydrogen-bond donors (Lipinski definition) is 1. The van der Waals surface area contributed by atoms with Gasteiger partial charge in [-0.15, -0.1) is 6.58 Å². The quantitative estimate of drug-likeness (QED) is 0.754. The topological polar surface area (TPSA) is 29.1 Å². The van der Waals surface area contributed by atoms with Crippen molar-refractivity contribution in [2.45, 2.75) is 12.3 Å². The molecule has 0 bridgehead atoms. The van der Waals surface area contributed by atoms with Crippen LogP contribution in [-0.2, 0) is 4.79 Å². The number of allylic oxidation sites excluding steroid dienone is 1. The van der Waals surface area contributed by atoms with Crippen molar-refractivity contribution < 1.29 is 9.18 Å².